The number of hydrogen-bond acceptors (Lipinski definition) is 9. The van der Waals surface area contributed by atoms with Crippen LogP contribution in [0.2, 0.25) is 5.02 Å². The van der Waals surface area contributed by atoms with Gasteiger partial charge in [-0.3, -0.25) is 10.6 Å². The molecule has 0 aliphatic carbocycles. The van der Waals surface area contributed by atoms with Crippen molar-refractivity contribution < 1.29 is 23.9 Å². The molecule has 1 aliphatic heterocycles. The number of hydroxylamine groups is 2. The molecule has 0 bridgehead atoms. The highest BCUT2D eigenvalue weighted by Crippen LogP contribution is 2.36. The summed E-state index contributed by atoms with van der Waals surface area (Å²) in [6, 6.07) is 16.6. The Bertz CT molecular complexity index is 1770. The molecule has 13 nitrogen and oxygen atoms in total. The SMILES string of the molecule is COc1ccc(-n2nc(C(C)(C)C)cc2NC(=O)Nc2ccc(Oc3ccnc(NC(=O)ON4CCCC4)c3)c(C#N)c2Cl)cc1. The van der Waals surface area contributed by atoms with E-state index in [-0.39, 0.29) is 33.3 Å². The maximum atomic E-state index is 13.2. The number of urea groups is 1. The van der Waals surface area contributed by atoms with Crippen molar-refractivity contribution in [3.05, 3.63) is 77.1 Å². The van der Waals surface area contributed by atoms with E-state index >= 15 is 0 Å². The molecule has 46 heavy (non-hydrogen) atoms. The first-order valence-electron chi connectivity index (χ1n) is 14.5. The quantitative estimate of drug-likeness (QED) is 0.182. The second-order valence-electron chi connectivity index (χ2n) is 11.4. The van der Waals surface area contributed by atoms with Crippen LogP contribution in [0.25, 0.3) is 5.69 Å². The Morgan fingerprint density at radius 2 is 1.72 bits per heavy atom. The molecule has 5 rings (SSSR count). The van der Waals surface area contributed by atoms with Gasteiger partial charge in [-0.2, -0.15) is 10.4 Å². The third kappa shape index (κ3) is 7.66. The van der Waals surface area contributed by atoms with E-state index in [2.05, 4.69) is 20.9 Å². The van der Waals surface area contributed by atoms with Gasteiger partial charge in [0, 0.05) is 36.8 Å². The number of pyridine rings is 1. The number of halogens is 1. The number of benzene rings is 2. The van der Waals surface area contributed by atoms with E-state index in [9.17, 15) is 14.9 Å². The number of nitrogens with zero attached hydrogens (tertiary/aromatic N) is 5. The topological polar surface area (TPSA) is 156 Å². The molecule has 0 atom stereocenters. The number of nitrogens with one attached hydrogen (secondary N) is 3. The van der Waals surface area contributed by atoms with Gasteiger partial charge in [-0.15, -0.1) is 5.06 Å². The Labute approximate surface area is 271 Å². The van der Waals surface area contributed by atoms with Crippen LogP contribution in [0, 0.1) is 11.3 Å². The van der Waals surface area contributed by atoms with Gasteiger partial charge >= 0.3 is 12.1 Å². The summed E-state index contributed by atoms with van der Waals surface area (Å²) in [5.41, 5.74) is 1.39. The minimum atomic E-state index is -0.664. The lowest BCUT2D eigenvalue weighted by Gasteiger charge is -2.15. The Morgan fingerprint density at radius 1 is 0.978 bits per heavy atom. The van der Waals surface area contributed by atoms with Crippen molar-refractivity contribution >= 4 is 41.0 Å². The number of anilines is 3. The molecule has 4 aromatic rings. The molecule has 0 radical (unpaired) electrons. The van der Waals surface area contributed by atoms with Crippen molar-refractivity contribution in [1.82, 2.24) is 19.8 Å². The highest BCUT2D eigenvalue weighted by Gasteiger charge is 2.23. The summed E-state index contributed by atoms with van der Waals surface area (Å²) in [6.07, 6.45) is 2.71. The Balaban J connectivity index is 1.30. The first-order valence-corrected chi connectivity index (χ1v) is 14.8. The third-order valence-electron chi connectivity index (χ3n) is 6.97. The first kappa shape index (κ1) is 32.1. The molecule has 0 unspecified atom stereocenters. The summed E-state index contributed by atoms with van der Waals surface area (Å²) >= 11 is 6.56. The second kappa shape index (κ2) is 13.8. The molecule has 1 aliphatic rings. The number of nitriles is 1. The van der Waals surface area contributed by atoms with E-state index in [4.69, 9.17) is 31.0 Å². The van der Waals surface area contributed by atoms with Crippen LogP contribution in [0.1, 0.15) is 44.9 Å². The van der Waals surface area contributed by atoms with Crippen LogP contribution in [0.3, 0.4) is 0 Å². The standard InChI is InChI=1S/C32H33ClN8O5/c1-32(2,3)26-18-28(41(39-26)20-7-9-21(44-4)10-8-20)38-30(42)36-24-11-12-25(23(19-34)29(24)33)45-22-13-14-35-27(17-22)37-31(43)46-40-15-5-6-16-40/h7-14,17-18H,5-6,15-16H2,1-4H3,(H,35,37,43)(H2,36,38,42). The van der Waals surface area contributed by atoms with Crippen LogP contribution in [-0.4, -0.2) is 52.2 Å². The maximum absolute atomic E-state index is 13.2. The maximum Gasteiger partial charge on any atom is 0.431 e. The summed E-state index contributed by atoms with van der Waals surface area (Å²) in [5, 5.41) is 24.3. The first-order chi connectivity index (χ1) is 22.0. The lowest BCUT2D eigenvalue weighted by Crippen LogP contribution is -2.27. The van der Waals surface area contributed by atoms with E-state index in [1.165, 1.54) is 24.4 Å². The average molecular weight is 645 g/mol. The lowest BCUT2D eigenvalue weighted by molar-refractivity contribution is -0.0739. The predicted octanol–water partition coefficient (Wildman–Crippen LogP) is 7.09. The van der Waals surface area contributed by atoms with Crippen LogP contribution in [-0.2, 0) is 10.3 Å². The number of carbonyl (C=O) groups is 2. The number of carbonyl (C=O) groups excluding carboxylic acids is 2. The minimum Gasteiger partial charge on any atom is -0.497 e. The Morgan fingerprint density at radius 3 is 2.39 bits per heavy atom. The smallest absolute Gasteiger partial charge is 0.431 e. The number of rotatable bonds is 8. The summed E-state index contributed by atoms with van der Waals surface area (Å²) in [5.74, 6) is 1.75. The summed E-state index contributed by atoms with van der Waals surface area (Å²) in [4.78, 5) is 34.8. The van der Waals surface area contributed by atoms with Crippen molar-refractivity contribution in [2.24, 2.45) is 0 Å². The van der Waals surface area contributed by atoms with Crippen LogP contribution in [0.15, 0.2) is 60.8 Å². The van der Waals surface area contributed by atoms with Gasteiger partial charge in [-0.05, 0) is 55.3 Å². The van der Waals surface area contributed by atoms with Crippen LogP contribution in [0.5, 0.6) is 17.2 Å². The molecule has 3 heterocycles. The fourth-order valence-electron chi connectivity index (χ4n) is 4.56. The molecule has 3 amide bonds. The van der Waals surface area contributed by atoms with E-state index in [0.717, 1.165) is 24.2 Å². The van der Waals surface area contributed by atoms with Crippen molar-refractivity contribution in [3.8, 4) is 29.0 Å². The fraction of sp³-hybridized carbons (Fsp3) is 0.281. The Hall–Kier alpha value is -5.32. The molecule has 1 saturated heterocycles. The highest BCUT2D eigenvalue weighted by molar-refractivity contribution is 6.35. The van der Waals surface area contributed by atoms with Gasteiger partial charge in [-0.25, -0.2) is 19.3 Å². The zero-order valence-electron chi connectivity index (χ0n) is 25.8. The van der Waals surface area contributed by atoms with Crippen molar-refractivity contribution in [3.63, 3.8) is 0 Å². The summed E-state index contributed by atoms with van der Waals surface area (Å²) in [7, 11) is 1.59. The number of hydrogen-bond donors (Lipinski definition) is 3. The third-order valence-corrected chi connectivity index (χ3v) is 7.36. The molecular formula is C32H33ClN8O5. The lowest BCUT2D eigenvalue weighted by atomic mass is 9.92. The van der Waals surface area contributed by atoms with Crippen LogP contribution < -0.4 is 25.4 Å². The monoisotopic (exact) mass is 644 g/mol. The van der Waals surface area contributed by atoms with Crippen LogP contribution >= 0.6 is 11.6 Å². The molecule has 1 fully saturated rings. The normalized spacial score (nSPS) is 13.0. The molecule has 2 aromatic carbocycles. The van der Waals surface area contributed by atoms with Crippen molar-refractivity contribution in [1.29, 1.82) is 5.26 Å². The number of methoxy groups -OCH3 is 1. The second-order valence-corrected chi connectivity index (χ2v) is 11.8. The van der Waals surface area contributed by atoms with Gasteiger partial charge in [0.15, 0.2) is 0 Å². The van der Waals surface area contributed by atoms with Gasteiger partial charge < -0.3 is 19.6 Å². The average Bonchev–Trinajstić information content (AvgIpc) is 3.69. The fourth-order valence-corrected chi connectivity index (χ4v) is 4.81. The molecule has 14 heteroatoms. The van der Waals surface area contributed by atoms with E-state index in [0.29, 0.717) is 30.4 Å². The zero-order valence-corrected chi connectivity index (χ0v) is 26.5. The highest BCUT2D eigenvalue weighted by atomic mass is 35.5. The number of amides is 3. The van der Waals surface area contributed by atoms with Gasteiger partial charge in [0.2, 0.25) is 0 Å². The van der Waals surface area contributed by atoms with Gasteiger partial charge in [0.25, 0.3) is 0 Å². The van der Waals surface area contributed by atoms with Gasteiger partial charge in [0.1, 0.15) is 40.5 Å². The minimum absolute atomic E-state index is 0.00229. The van der Waals surface area contributed by atoms with Crippen molar-refractivity contribution in [2.45, 2.75) is 39.0 Å². The van der Waals surface area contributed by atoms with Gasteiger partial charge in [-0.1, -0.05) is 32.4 Å². The zero-order chi connectivity index (χ0) is 32.8. The largest absolute Gasteiger partial charge is 0.497 e. The van der Waals surface area contributed by atoms with E-state index in [1.54, 1.807) is 41.1 Å². The molecule has 0 saturated carbocycles. The molecule has 2 aromatic heterocycles. The van der Waals surface area contributed by atoms with Gasteiger partial charge in [0.05, 0.1) is 29.2 Å². The Kier molecular flexibility index (Phi) is 9.60. The summed E-state index contributed by atoms with van der Waals surface area (Å²) in [6.45, 7) is 7.44. The molecule has 3 N–H and O–H groups in total. The van der Waals surface area contributed by atoms with Crippen LogP contribution in [0.4, 0.5) is 26.9 Å². The molecular weight excluding hydrogens is 612 g/mol. The molecule has 0 spiro atoms. The molecule has 238 valence electrons. The summed E-state index contributed by atoms with van der Waals surface area (Å²) < 4.78 is 12.8. The van der Waals surface area contributed by atoms with E-state index < -0.39 is 12.1 Å². The van der Waals surface area contributed by atoms with E-state index in [1.807, 2.05) is 39.0 Å². The number of aromatic nitrogens is 3. The number of ether oxygens (including phenoxy) is 2. The van der Waals surface area contributed by atoms with Crippen molar-refractivity contribution in [2.75, 3.05) is 36.1 Å². The predicted molar refractivity (Wildman–Crippen MR) is 173 cm³/mol.